The molecule has 1 aliphatic heterocycles. The first-order chi connectivity index (χ1) is 14.3. The Morgan fingerprint density at radius 1 is 1.00 bits per heavy atom. The minimum Gasteiger partial charge on any atom is -0.326 e. The molecule has 1 heterocycles. The quantitative estimate of drug-likeness (QED) is 0.763. The zero-order chi connectivity index (χ0) is 21.3. The molecule has 0 unspecified atom stereocenters. The molecule has 0 radical (unpaired) electrons. The first kappa shape index (κ1) is 20.4. The molecule has 1 fully saturated rings. The van der Waals surface area contributed by atoms with Crippen molar-refractivity contribution in [2.75, 3.05) is 21.5 Å². The van der Waals surface area contributed by atoms with Crippen LogP contribution in [0.3, 0.4) is 0 Å². The van der Waals surface area contributed by atoms with Crippen LogP contribution < -0.4 is 14.9 Å². The Labute approximate surface area is 176 Å². The highest BCUT2D eigenvalue weighted by Gasteiger charge is 2.32. The van der Waals surface area contributed by atoms with Crippen LogP contribution in [0.4, 0.5) is 17.1 Å². The van der Waals surface area contributed by atoms with Gasteiger partial charge in [0.25, 0.3) is 10.0 Å². The highest BCUT2D eigenvalue weighted by Crippen LogP contribution is 2.35. The lowest BCUT2D eigenvalue weighted by atomic mass is 10.1. The van der Waals surface area contributed by atoms with Crippen LogP contribution in [0.15, 0.2) is 47.4 Å². The van der Waals surface area contributed by atoms with Gasteiger partial charge in [-0.25, -0.2) is 8.42 Å². The number of hydrogen-bond donors (Lipinski definition) is 2. The van der Waals surface area contributed by atoms with Crippen molar-refractivity contribution < 1.29 is 18.0 Å². The second kappa shape index (κ2) is 8.10. The van der Waals surface area contributed by atoms with Crippen LogP contribution in [-0.4, -0.2) is 26.8 Å². The van der Waals surface area contributed by atoms with Crippen molar-refractivity contribution in [3.63, 3.8) is 0 Å². The predicted molar refractivity (Wildman–Crippen MR) is 116 cm³/mol. The molecule has 1 saturated carbocycles. The van der Waals surface area contributed by atoms with Gasteiger partial charge in [0.2, 0.25) is 11.8 Å². The van der Waals surface area contributed by atoms with Gasteiger partial charge >= 0.3 is 0 Å². The van der Waals surface area contributed by atoms with E-state index in [9.17, 15) is 18.0 Å². The van der Waals surface area contributed by atoms with Gasteiger partial charge < -0.3 is 10.2 Å². The van der Waals surface area contributed by atoms with Crippen LogP contribution in [-0.2, 0) is 26.0 Å². The van der Waals surface area contributed by atoms with Crippen LogP contribution in [0.25, 0.3) is 0 Å². The summed E-state index contributed by atoms with van der Waals surface area (Å²) in [5.74, 6) is 0.0933. The number of nitrogens with one attached hydrogen (secondary N) is 2. The van der Waals surface area contributed by atoms with Crippen molar-refractivity contribution in [1.82, 2.24) is 0 Å². The number of fused-ring (bicyclic) bond motifs is 1. The molecule has 2 aromatic carbocycles. The molecular formula is C22H25N3O4S. The van der Waals surface area contributed by atoms with Crippen molar-refractivity contribution in [2.45, 2.75) is 43.9 Å². The van der Waals surface area contributed by atoms with Crippen LogP contribution in [0, 0.1) is 5.92 Å². The van der Waals surface area contributed by atoms with E-state index in [1.165, 1.54) is 19.1 Å². The first-order valence-electron chi connectivity index (χ1n) is 10.2. The highest BCUT2D eigenvalue weighted by molar-refractivity contribution is 7.92. The van der Waals surface area contributed by atoms with Gasteiger partial charge in [-0.3, -0.25) is 14.3 Å². The third-order valence-electron chi connectivity index (χ3n) is 5.68. The lowest BCUT2D eigenvalue weighted by Crippen LogP contribution is -2.33. The zero-order valence-electron chi connectivity index (χ0n) is 16.8. The predicted octanol–water partition coefficient (Wildman–Crippen LogP) is 3.53. The van der Waals surface area contributed by atoms with Gasteiger partial charge in [0.15, 0.2) is 0 Å². The number of carbonyl (C=O) groups excluding carboxylic acids is 2. The van der Waals surface area contributed by atoms with E-state index in [0.717, 1.165) is 43.4 Å². The Balaban J connectivity index is 1.49. The van der Waals surface area contributed by atoms with E-state index < -0.39 is 10.0 Å². The summed E-state index contributed by atoms with van der Waals surface area (Å²) < 4.78 is 28.0. The highest BCUT2D eigenvalue weighted by atomic mass is 32.2. The summed E-state index contributed by atoms with van der Waals surface area (Å²) in [6, 6.07) is 11.3. The summed E-state index contributed by atoms with van der Waals surface area (Å²) in [7, 11) is -3.76. The van der Waals surface area contributed by atoms with E-state index >= 15 is 0 Å². The van der Waals surface area contributed by atoms with Crippen molar-refractivity contribution >= 4 is 38.9 Å². The normalized spacial score (nSPS) is 16.4. The Kier molecular flexibility index (Phi) is 5.51. The molecule has 0 atom stereocenters. The number of sulfonamides is 1. The number of amides is 2. The van der Waals surface area contributed by atoms with Gasteiger partial charge in [-0.1, -0.05) is 12.8 Å². The summed E-state index contributed by atoms with van der Waals surface area (Å²) in [5, 5.41) is 2.61. The standard InChI is InChI=1S/C22H25N3O4S/c1-15(26)23-18-6-9-20(10-7-18)30(28,29)24-19-8-11-21-17(14-19)12-13-25(21)22(27)16-4-2-3-5-16/h6-11,14,16,24H,2-5,12-13H2,1H3,(H,23,26). The molecule has 158 valence electrons. The Bertz CT molecular complexity index is 1070. The molecule has 30 heavy (non-hydrogen) atoms. The second-order valence-corrected chi connectivity index (χ2v) is 9.56. The molecule has 0 spiro atoms. The summed E-state index contributed by atoms with van der Waals surface area (Å²) in [6.45, 7) is 2.04. The molecule has 7 nitrogen and oxygen atoms in total. The fourth-order valence-electron chi connectivity index (χ4n) is 4.22. The first-order valence-corrected chi connectivity index (χ1v) is 11.7. The Morgan fingerprint density at radius 3 is 2.33 bits per heavy atom. The minimum atomic E-state index is -3.76. The molecule has 0 saturated heterocycles. The number of benzene rings is 2. The molecule has 8 heteroatoms. The summed E-state index contributed by atoms with van der Waals surface area (Å²) in [4.78, 5) is 25.9. The summed E-state index contributed by atoms with van der Waals surface area (Å²) >= 11 is 0. The van der Waals surface area contributed by atoms with Crippen molar-refractivity contribution in [3.8, 4) is 0 Å². The average Bonchev–Trinajstić information content (AvgIpc) is 3.37. The fourth-order valence-corrected chi connectivity index (χ4v) is 5.27. The smallest absolute Gasteiger partial charge is 0.261 e. The van der Waals surface area contributed by atoms with E-state index in [2.05, 4.69) is 10.0 Å². The lowest BCUT2D eigenvalue weighted by Gasteiger charge is -2.21. The van der Waals surface area contributed by atoms with Crippen LogP contribution in [0.5, 0.6) is 0 Å². The number of rotatable bonds is 5. The Hall–Kier alpha value is -2.87. The number of hydrogen-bond acceptors (Lipinski definition) is 4. The monoisotopic (exact) mass is 427 g/mol. The lowest BCUT2D eigenvalue weighted by molar-refractivity contribution is -0.122. The zero-order valence-corrected chi connectivity index (χ0v) is 17.7. The van der Waals surface area contributed by atoms with E-state index in [1.807, 2.05) is 11.0 Å². The maximum absolute atomic E-state index is 12.8. The van der Waals surface area contributed by atoms with Crippen molar-refractivity contribution in [2.24, 2.45) is 5.92 Å². The SMILES string of the molecule is CC(=O)Nc1ccc(S(=O)(=O)Nc2ccc3c(c2)CCN3C(=O)C2CCCC2)cc1. The number of nitrogens with zero attached hydrogens (tertiary/aromatic N) is 1. The number of carbonyl (C=O) groups is 2. The third kappa shape index (κ3) is 4.18. The molecule has 0 aromatic heterocycles. The van der Waals surface area contributed by atoms with E-state index in [4.69, 9.17) is 0 Å². The Morgan fingerprint density at radius 2 is 1.67 bits per heavy atom. The van der Waals surface area contributed by atoms with Gasteiger partial charge in [-0.2, -0.15) is 0 Å². The summed E-state index contributed by atoms with van der Waals surface area (Å²) in [6.07, 6.45) is 4.87. The minimum absolute atomic E-state index is 0.107. The van der Waals surface area contributed by atoms with E-state index in [0.29, 0.717) is 17.9 Å². The molecule has 2 N–H and O–H groups in total. The van der Waals surface area contributed by atoms with Gasteiger partial charge in [-0.05, 0) is 67.3 Å². The van der Waals surface area contributed by atoms with Gasteiger partial charge in [-0.15, -0.1) is 0 Å². The fraction of sp³-hybridized carbons (Fsp3) is 0.364. The molecule has 4 rings (SSSR count). The molecule has 2 aromatic rings. The van der Waals surface area contributed by atoms with Crippen LogP contribution >= 0.6 is 0 Å². The molecule has 0 bridgehead atoms. The van der Waals surface area contributed by atoms with Gasteiger partial charge in [0.05, 0.1) is 4.90 Å². The largest absolute Gasteiger partial charge is 0.326 e. The van der Waals surface area contributed by atoms with Gasteiger partial charge in [0, 0.05) is 36.4 Å². The molecule has 2 aliphatic rings. The second-order valence-electron chi connectivity index (χ2n) is 7.88. The van der Waals surface area contributed by atoms with E-state index in [-0.39, 0.29) is 22.6 Å². The summed E-state index contributed by atoms with van der Waals surface area (Å²) in [5.41, 5.74) is 2.86. The average molecular weight is 428 g/mol. The van der Waals surface area contributed by atoms with Gasteiger partial charge in [0.1, 0.15) is 0 Å². The third-order valence-corrected chi connectivity index (χ3v) is 7.08. The van der Waals surface area contributed by atoms with Crippen molar-refractivity contribution in [1.29, 1.82) is 0 Å². The maximum Gasteiger partial charge on any atom is 0.261 e. The topological polar surface area (TPSA) is 95.6 Å². The number of anilines is 3. The van der Waals surface area contributed by atoms with Crippen molar-refractivity contribution in [3.05, 3.63) is 48.0 Å². The van der Waals surface area contributed by atoms with Crippen LogP contribution in [0.2, 0.25) is 0 Å². The molecule has 1 aliphatic carbocycles. The van der Waals surface area contributed by atoms with Crippen LogP contribution in [0.1, 0.15) is 38.2 Å². The maximum atomic E-state index is 12.8. The molecule has 2 amide bonds. The molecular weight excluding hydrogens is 402 g/mol. The van der Waals surface area contributed by atoms with E-state index in [1.54, 1.807) is 24.3 Å².